The number of unbranched alkanes of at least 4 members (excludes halogenated alkanes) is 4. The van der Waals surface area contributed by atoms with E-state index in [0.717, 1.165) is 30.1 Å². The highest BCUT2D eigenvalue weighted by molar-refractivity contribution is 7.71. The molecule has 0 atom stereocenters. The molecule has 0 fully saturated rings. The van der Waals surface area contributed by atoms with Gasteiger partial charge in [-0.2, -0.15) is 5.10 Å². The molecule has 4 nitrogen and oxygen atoms in total. The molecule has 3 aromatic rings. The molecule has 0 saturated carbocycles. The Morgan fingerprint density at radius 3 is 2.38 bits per heavy atom. The minimum atomic E-state index is 0.603. The van der Waals surface area contributed by atoms with Crippen LogP contribution in [0.2, 0.25) is 0 Å². The summed E-state index contributed by atoms with van der Waals surface area (Å²) in [6.45, 7) is 2.26. The molecule has 0 aliphatic rings. The van der Waals surface area contributed by atoms with Crippen molar-refractivity contribution in [2.24, 2.45) is 0 Å². The smallest absolute Gasteiger partial charge is 0.199 e. The van der Waals surface area contributed by atoms with Crippen molar-refractivity contribution in [3.63, 3.8) is 0 Å². The van der Waals surface area contributed by atoms with Crippen LogP contribution in [0.3, 0.4) is 0 Å². The summed E-state index contributed by atoms with van der Waals surface area (Å²) in [6.07, 6.45) is 9.57. The van der Waals surface area contributed by atoms with Gasteiger partial charge in [0.05, 0.1) is 12.8 Å². The summed E-state index contributed by atoms with van der Waals surface area (Å²) in [5, 5.41) is 7.38. The Morgan fingerprint density at radius 1 is 0.931 bits per heavy atom. The normalized spacial score (nSPS) is 11.0. The van der Waals surface area contributed by atoms with Crippen molar-refractivity contribution in [1.82, 2.24) is 14.8 Å². The third kappa shape index (κ3) is 6.04. The van der Waals surface area contributed by atoms with E-state index < -0.39 is 0 Å². The van der Waals surface area contributed by atoms with E-state index in [0.29, 0.717) is 4.77 Å². The van der Waals surface area contributed by atoms with Gasteiger partial charge < -0.3 is 4.74 Å². The lowest BCUT2D eigenvalue weighted by Crippen LogP contribution is -2.04. The van der Waals surface area contributed by atoms with E-state index >= 15 is 0 Å². The predicted molar refractivity (Wildman–Crippen MR) is 122 cm³/mol. The summed E-state index contributed by atoms with van der Waals surface area (Å²) >= 11 is 5.45. The average Bonchev–Trinajstić information content (AvgIpc) is 3.13. The molecule has 1 aromatic heterocycles. The van der Waals surface area contributed by atoms with Crippen molar-refractivity contribution in [3.8, 4) is 11.4 Å². The lowest BCUT2D eigenvalue weighted by molar-refractivity contribution is 0.414. The number of hydrogen-bond acceptors (Lipinski definition) is 3. The van der Waals surface area contributed by atoms with Gasteiger partial charge in [-0.1, -0.05) is 62.9 Å². The van der Waals surface area contributed by atoms with E-state index in [1.54, 1.807) is 7.11 Å². The molecule has 154 valence electrons. The lowest BCUT2D eigenvalue weighted by Gasteiger charge is -2.09. The van der Waals surface area contributed by atoms with Crippen LogP contribution in [0.1, 0.15) is 56.0 Å². The summed E-state index contributed by atoms with van der Waals surface area (Å²) in [6, 6.07) is 16.9. The van der Waals surface area contributed by atoms with Gasteiger partial charge in [-0.15, -0.1) is 0 Å². The SMILES string of the molecule is CCCCCCCc1ccc(CCc2n[nH]c(=S)n2-c2cccc(OC)c2)cc1. The Balaban J connectivity index is 1.60. The van der Waals surface area contributed by atoms with Crippen molar-refractivity contribution >= 4 is 12.2 Å². The molecule has 0 saturated heterocycles. The molecule has 0 aliphatic heterocycles. The van der Waals surface area contributed by atoms with Crippen molar-refractivity contribution in [1.29, 1.82) is 0 Å². The van der Waals surface area contributed by atoms with Crippen molar-refractivity contribution in [2.75, 3.05) is 7.11 Å². The molecule has 1 heterocycles. The maximum absolute atomic E-state index is 5.45. The lowest BCUT2D eigenvalue weighted by atomic mass is 10.0. The standard InChI is InChI=1S/C24H31N3OS/c1-3-4-5-6-7-9-19-12-14-20(15-13-19)16-17-23-25-26-24(29)27(23)21-10-8-11-22(18-21)28-2/h8,10-15,18H,3-7,9,16-17H2,1-2H3,(H,26,29). The second-order valence-corrected chi connectivity index (χ2v) is 7.85. The quantitative estimate of drug-likeness (QED) is 0.301. The first-order valence-electron chi connectivity index (χ1n) is 10.6. The van der Waals surface area contributed by atoms with E-state index in [1.807, 2.05) is 28.8 Å². The Kier molecular flexibility index (Phi) is 8.05. The highest BCUT2D eigenvalue weighted by Gasteiger charge is 2.09. The van der Waals surface area contributed by atoms with Gasteiger partial charge in [0.15, 0.2) is 4.77 Å². The Morgan fingerprint density at radius 2 is 1.66 bits per heavy atom. The zero-order valence-corrected chi connectivity index (χ0v) is 18.3. The zero-order valence-electron chi connectivity index (χ0n) is 17.5. The number of rotatable bonds is 11. The molecule has 2 aromatic carbocycles. The summed E-state index contributed by atoms with van der Waals surface area (Å²) in [5.74, 6) is 1.74. The summed E-state index contributed by atoms with van der Waals surface area (Å²) < 4.78 is 7.93. The zero-order chi connectivity index (χ0) is 20.5. The molecule has 0 unspecified atom stereocenters. The Hall–Kier alpha value is -2.40. The topological polar surface area (TPSA) is 42.8 Å². The van der Waals surface area contributed by atoms with Gasteiger partial charge in [0.2, 0.25) is 0 Å². The maximum atomic E-state index is 5.45. The number of ether oxygens (including phenoxy) is 1. The van der Waals surface area contributed by atoms with E-state index in [9.17, 15) is 0 Å². The van der Waals surface area contributed by atoms with Crippen LogP contribution in [0, 0.1) is 4.77 Å². The van der Waals surface area contributed by atoms with E-state index in [4.69, 9.17) is 17.0 Å². The minimum Gasteiger partial charge on any atom is -0.497 e. The fourth-order valence-corrected chi connectivity index (χ4v) is 3.83. The van der Waals surface area contributed by atoms with Crippen molar-refractivity contribution in [3.05, 3.63) is 70.3 Å². The van der Waals surface area contributed by atoms with Gasteiger partial charge in [-0.25, -0.2) is 0 Å². The molecule has 0 bridgehead atoms. The number of benzene rings is 2. The van der Waals surface area contributed by atoms with Gasteiger partial charge in [0.25, 0.3) is 0 Å². The summed E-state index contributed by atoms with van der Waals surface area (Å²) in [7, 11) is 1.67. The monoisotopic (exact) mass is 409 g/mol. The molecule has 1 N–H and O–H groups in total. The molecular weight excluding hydrogens is 378 g/mol. The molecule has 0 radical (unpaired) electrons. The van der Waals surface area contributed by atoms with Gasteiger partial charge in [-0.05, 0) is 54.7 Å². The Labute approximate surface area is 178 Å². The van der Waals surface area contributed by atoms with Gasteiger partial charge in [0, 0.05) is 12.5 Å². The fourth-order valence-electron chi connectivity index (χ4n) is 3.57. The number of methoxy groups -OCH3 is 1. The van der Waals surface area contributed by atoms with Crippen LogP contribution in [0.4, 0.5) is 0 Å². The third-order valence-electron chi connectivity index (χ3n) is 5.28. The van der Waals surface area contributed by atoms with Crippen molar-refractivity contribution < 1.29 is 4.74 Å². The van der Waals surface area contributed by atoms with Gasteiger partial charge in [-0.3, -0.25) is 9.67 Å². The predicted octanol–water partition coefficient (Wildman–Crippen LogP) is 6.24. The molecular formula is C24H31N3OS. The van der Waals surface area contributed by atoms with Crippen LogP contribution in [0.15, 0.2) is 48.5 Å². The summed E-state index contributed by atoms with van der Waals surface area (Å²) in [5.41, 5.74) is 3.73. The first-order valence-corrected chi connectivity index (χ1v) is 11.0. The maximum Gasteiger partial charge on any atom is 0.199 e. The van der Waals surface area contributed by atoms with Gasteiger partial charge >= 0.3 is 0 Å². The van der Waals surface area contributed by atoms with Crippen molar-refractivity contribution in [2.45, 2.75) is 58.3 Å². The number of nitrogens with one attached hydrogen (secondary N) is 1. The van der Waals surface area contributed by atoms with Crippen LogP contribution in [0.25, 0.3) is 5.69 Å². The van der Waals surface area contributed by atoms with E-state index in [1.165, 1.54) is 49.7 Å². The first-order chi connectivity index (χ1) is 14.2. The largest absolute Gasteiger partial charge is 0.497 e. The number of hydrogen-bond donors (Lipinski definition) is 1. The molecule has 0 aliphatic carbocycles. The first kappa shape index (κ1) is 21.3. The highest BCUT2D eigenvalue weighted by Crippen LogP contribution is 2.19. The molecule has 0 amide bonds. The number of H-pyrrole nitrogens is 1. The molecule has 0 spiro atoms. The molecule has 5 heteroatoms. The number of aryl methyl sites for hydroxylation is 3. The van der Waals surface area contributed by atoms with Crippen LogP contribution >= 0.6 is 12.2 Å². The van der Waals surface area contributed by atoms with Crippen LogP contribution < -0.4 is 4.74 Å². The van der Waals surface area contributed by atoms with Crippen LogP contribution in [0.5, 0.6) is 5.75 Å². The number of nitrogens with zero attached hydrogens (tertiary/aromatic N) is 2. The molecule has 29 heavy (non-hydrogen) atoms. The Bertz CT molecular complexity index is 943. The highest BCUT2D eigenvalue weighted by atomic mass is 32.1. The van der Waals surface area contributed by atoms with Crippen LogP contribution in [-0.4, -0.2) is 21.9 Å². The fraction of sp³-hybridized carbons (Fsp3) is 0.417. The summed E-state index contributed by atoms with van der Waals surface area (Å²) in [4.78, 5) is 0. The minimum absolute atomic E-state index is 0.603. The number of aromatic amines is 1. The molecule has 3 rings (SSSR count). The average molecular weight is 410 g/mol. The second-order valence-electron chi connectivity index (χ2n) is 7.46. The van der Waals surface area contributed by atoms with Gasteiger partial charge in [0.1, 0.15) is 11.6 Å². The van der Waals surface area contributed by atoms with E-state index in [-0.39, 0.29) is 0 Å². The van der Waals surface area contributed by atoms with Crippen LogP contribution in [-0.2, 0) is 19.3 Å². The van der Waals surface area contributed by atoms with E-state index in [2.05, 4.69) is 41.4 Å². The second kappa shape index (κ2) is 11.0. The third-order valence-corrected chi connectivity index (χ3v) is 5.56. The number of aromatic nitrogens is 3.